The quantitative estimate of drug-likeness (QED) is 0.280. The Morgan fingerprint density at radius 1 is 1.00 bits per heavy atom. The van der Waals surface area contributed by atoms with Gasteiger partial charge in [-0.05, 0) is 99.1 Å². The summed E-state index contributed by atoms with van der Waals surface area (Å²) in [7, 11) is 1.86. The standard InChI is InChI=1S/C36H47FN8O2/c1-23(2)33(25-15-27(16-25)43-13-4-5-28(18-43)46-3)45-20-36(21-45)11-14-44(19-36)34-35(42-40-22-38-34)47-31-9-8-26(37)17-30(31)32-29(24-6-7-24)10-12-39-41-32/h8-10,12,17,22-25,27-28,33H,4-7,11,13-16,18-21H2,1-3H3/t25?,27?,28-,33-/m0/s1. The first-order valence-corrected chi connectivity index (χ1v) is 17.6. The van der Waals surface area contributed by atoms with Crippen LogP contribution in [0.15, 0.2) is 36.8 Å². The Kier molecular flexibility index (Phi) is 8.34. The molecule has 0 radical (unpaired) electrons. The average Bonchev–Trinajstić information content (AvgIpc) is 3.80. The lowest BCUT2D eigenvalue weighted by atomic mass is 9.68. The van der Waals surface area contributed by atoms with Crippen molar-refractivity contribution in [2.24, 2.45) is 17.3 Å². The fourth-order valence-corrected chi connectivity index (χ4v) is 9.06. The van der Waals surface area contributed by atoms with Gasteiger partial charge in [0.05, 0.1) is 6.10 Å². The number of rotatable bonds is 10. The summed E-state index contributed by atoms with van der Waals surface area (Å²) >= 11 is 0. The van der Waals surface area contributed by atoms with Gasteiger partial charge in [0.1, 0.15) is 23.6 Å². The summed E-state index contributed by atoms with van der Waals surface area (Å²) in [5, 5.41) is 17.0. The van der Waals surface area contributed by atoms with Crippen molar-refractivity contribution in [1.82, 2.24) is 35.2 Å². The minimum absolute atomic E-state index is 0.247. The monoisotopic (exact) mass is 642 g/mol. The van der Waals surface area contributed by atoms with Crippen LogP contribution in [0.4, 0.5) is 10.2 Å². The van der Waals surface area contributed by atoms with Crippen LogP contribution >= 0.6 is 0 Å². The van der Waals surface area contributed by atoms with Gasteiger partial charge in [-0.3, -0.25) is 9.80 Å². The van der Waals surface area contributed by atoms with Crippen LogP contribution in [0.1, 0.15) is 70.3 Å². The normalized spacial score (nSPS) is 26.7. The highest BCUT2D eigenvalue weighted by atomic mass is 19.1. The van der Waals surface area contributed by atoms with Crippen LogP contribution in [-0.2, 0) is 4.74 Å². The second kappa shape index (κ2) is 12.6. The molecule has 3 saturated heterocycles. The van der Waals surface area contributed by atoms with E-state index >= 15 is 0 Å². The van der Waals surface area contributed by atoms with Crippen LogP contribution in [-0.4, -0.2) is 99.7 Å². The van der Waals surface area contributed by atoms with Gasteiger partial charge in [0.2, 0.25) is 0 Å². The number of ether oxygens (including phenoxy) is 2. The number of anilines is 1. The third-order valence-electron chi connectivity index (χ3n) is 11.6. The van der Waals surface area contributed by atoms with Crippen molar-refractivity contribution in [1.29, 1.82) is 0 Å². The van der Waals surface area contributed by atoms with Crippen LogP contribution in [0.2, 0.25) is 0 Å². The predicted octanol–water partition coefficient (Wildman–Crippen LogP) is 5.56. The molecular weight excluding hydrogens is 595 g/mol. The SMILES string of the molecule is CO[C@H]1CCCN(C2CC([C@H](C(C)C)N3CC4(CCN(c5ncnnc5Oc5ccc(F)cc5-c5nnccc5C5CC5)C4)C3)C2)C1. The van der Waals surface area contributed by atoms with Gasteiger partial charge in [-0.2, -0.15) is 10.2 Å². The van der Waals surface area contributed by atoms with Crippen molar-refractivity contribution in [2.75, 3.05) is 51.3 Å². The molecule has 2 saturated carbocycles. The first-order valence-electron chi connectivity index (χ1n) is 17.6. The van der Waals surface area contributed by atoms with Crippen molar-refractivity contribution in [3.8, 4) is 22.9 Å². The summed E-state index contributed by atoms with van der Waals surface area (Å²) < 4.78 is 26.7. The third kappa shape index (κ3) is 6.10. The van der Waals surface area contributed by atoms with Gasteiger partial charge in [-0.1, -0.05) is 13.8 Å². The number of nitrogens with zero attached hydrogens (tertiary/aromatic N) is 8. The number of likely N-dealkylation sites (tertiary alicyclic amines) is 2. The van der Waals surface area contributed by atoms with Gasteiger partial charge < -0.3 is 14.4 Å². The summed E-state index contributed by atoms with van der Waals surface area (Å²) in [6.45, 7) is 11.2. The van der Waals surface area contributed by atoms with Crippen molar-refractivity contribution >= 4 is 5.82 Å². The Labute approximate surface area is 277 Å². The first-order chi connectivity index (χ1) is 22.9. The second-order valence-electron chi connectivity index (χ2n) is 15.1. The van der Waals surface area contributed by atoms with Gasteiger partial charge in [-0.15, -0.1) is 10.2 Å². The highest BCUT2D eigenvalue weighted by Gasteiger charge is 2.53. The molecule has 5 aliphatic rings. The number of hydrogen-bond acceptors (Lipinski definition) is 10. The Hall–Kier alpha value is -3.28. The van der Waals surface area contributed by atoms with E-state index in [4.69, 9.17) is 9.47 Å². The van der Waals surface area contributed by atoms with Crippen LogP contribution in [0.25, 0.3) is 11.3 Å². The summed E-state index contributed by atoms with van der Waals surface area (Å²) in [4.78, 5) is 12.4. The topological polar surface area (TPSA) is 92.6 Å². The molecule has 0 N–H and O–H groups in total. The molecule has 8 rings (SSSR count). The molecule has 2 atom stereocenters. The zero-order chi connectivity index (χ0) is 32.1. The summed E-state index contributed by atoms with van der Waals surface area (Å²) in [5.74, 6) is 2.97. The van der Waals surface area contributed by atoms with Crippen LogP contribution in [0.3, 0.4) is 0 Å². The second-order valence-corrected chi connectivity index (χ2v) is 15.1. The molecule has 2 aromatic heterocycles. The number of benzene rings is 1. The van der Waals surface area contributed by atoms with E-state index in [2.05, 4.69) is 53.9 Å². The summed E-state index contributed by atoms with van der Waals surface area (Å²) in [6.07, 6.45) is 12.0. The van der Waals surface area contributed by atoms with Crippen molar-refractivity contribution in [3.05, 3.63) is 48.2 Å². The Balaban J connectivity index is 0.937. The van der Waals surface area contributed by atoms with E-state index in [1.165, 1.54) is 50.7 Å². The molecule has 250 valence electrons. The van der Waals surface area contributed by atoms with E-state index in [9.17, 15) is 4.39 Å². The Bertz CT molecular complexity index is 1570. The lowest BCUT2D eigenvalue weighted by molar-refractivity contribution is -0.0878. The van der Waals surface area contributed by atoms with E-state index in [-0.39, 0.29) is 11.2 Å². The Morgan fingerprint density at radius 3 is 2.64 bits per heavy atom. The summed E-state index contributed by atoms with van der Waals surface area (Å²) in [6, 6.07) is 7.85. The maximum absolute atomic E-state index is 14.6. The van der Waals surface area contributed by atoms with Crippen LogP contribution in [0, 0.1) is 23.1 Å². The fraction of sp³-hybridized carbons (Fsp3) is 0.639. The van der Waals surface area contributed by atoms with Gasteiger partial charge >= 0.3 is 0 Å². The molecule has 1 spiro atoms. The van der Waals surface area contributed by atoms with E-state index in [1.54, 1.807) is 12.3 Å². The number of methoxy groups -OCH3 is 1. The molecule has 3 aromatic rings. The zero-order valence-electron chi connectivity index (χ0n) is 27.9. The molecular formula is C36H47FN8O2. The van der Waals surface area contributed by atoms with Crippen molar-refractivity contribution < 1.29 is 13.9 Å². The molecule has 5 heterocycles. The molecule has 3 aliphatic heterocycles. The highest BCUT2D eigenvalue weighted by molar-refractivity contribution is 5.71. The fourth-order valence-electron chi connectivity index (χ4n) is 9.06. The first kappa shape index (κ1) is 31.0. The number of piperidine rings is 1. The van der Waals surface area contributed by atoms with Gasteiger partial charge in [0, 0.05) is 69.1 Å². The molecule has 10 nitrogen and oxygen atoms in total. The molecule has 1 aromatic carbocycles. The van der Waals surface area contributed by atoms with Crippen molar-refractivity contribution in [3.63, 3.8) is 0 Å². The maximum Gasteiger partial charge on any atom is 0.282 e. The van der Waals surface area contributed by atoms with E-state index in [0.717, 1.165) is 69.5 Å². The highest BCUT2D eigenvalue weighted by Crippen LogP contribution is 2.49. The lowest BCUT2D eigenvalue weighted by Gasteiger charge is -2.58. The third-order valence-corrected chi connectivity index (χ3v) is 11.6. The minimum Gasteiger partial charge on any atom is -0.434 e. The van der Waals surface area contributed by atoms with Crippen LogP contribution < -0.4 is 9.64 Å². The number of halogens is 1. The van der Waals surface area contributed by atoms with Gasteiger partial charge in [0.15, 0.2) is 5.82 Å². The largest absolute Gasteiger partial charge is 0.434 e. The molecule has 0 bridgehead atoms. The lowest BCUT2D eigenvalue weighted by Crippen LogP contribution is -2.65. The van der Waals surface area contributed by atoms with E-state index < -0.39 is 0 Å². The maximum atomic E-state index is 14.6. The number of aromatic nitrogens is 5. The summed E-state index contributed by atoms with van der Waals surface area (Å²) in [5.41, 5.74) is 2.55. The molecule has 11 heteroatoms. The van der Waals surface area contributed by atoms with Crippen LogP contribution in [0.5, 0.6) is 11.6 Å². The molecule has 2 aliphatic carbocycles. The van der Waals surface area contributed by atoms with E-state index in [1.807, 2.05) is 13.2 Å². The van der Waals surface area contributed by atoms with E-state index in [0.29, 0.717) is 52.7 Å². The zero-order valence-corrected chi connectivity index (χ0v) is 27.9. The van der Waals surface area contributed by atoms with Gasteiger partial charge in [0.25, 0.3) is 5.88 Å². The number of hydrogen-bond donors (Lipinski definition) is 0. The van der Waals surface area contributed by atoms with Gasteiger partial charge in [-0.25, -0.2) is 9.37 Å². The Morgan fingerprint density at radius 2 is 1.85 bits per heavy atom. The minimum atomic E-state index is -0.350. The van der Waals surface area contributed by atoms with Crippen molar-refractivity contribution in [2.45, 2.75) is 82.9 Å². The smallest absolute Gasteiger partial charge is 0.282 e. The predicted molar refractivity (Wildman–Crippen MR) is 177 cm³/mol. The molecule has 5 fully saturated rings. The molecule has 0 amide bonds. The molecule has 47 heavy (non-hydrogen) atoms. The molecule has 0 unspecified atom stereocenters. The average molecular weight is 643 g/mol.